The third kappa shape index (κ3) is 6.03. The van der Waals surface area contributed by atoms with E-state index in [9.17, 15) is 0 Å². The lowest BCUT2D eigenvalue weighted by atomic mass is 10.0. The molecule has 0 aromatic heterocycles. The Balaban J connectivity index is 2.26. The van der Waals surface area contributed by atoms with Gasteiger partial charge in [0.1, 0.15) is 5.75 Å². The molecular formula is C15H26N2O. The van der Waals surface area contributed by atoms with Crippen molar-refractivity contribution in [1.82, 2.24) is 5.43 Å². The van der Waals surface area contributed by atoms with Gasteiger partial charge in [-0.2, -0.15) is 0 Å². The highest BCUT2D eigenvalue weighted by Gasteiger charge is 2.07. The summed E-state index contributed by atoms with van der Waals surface area (Å²) in [5, 5.41) is 0. The molecule has 1 atom stereocenters. The van der Waals surface area contributed by atoms with Crippen molar-refractivity contribution in [3.63, 3.8) is 0 Å². The van der Waals surface area contributed by atoms with Gasteiger partial charge in [0.05, 0.1) is 6.61 Å². The number of aryl methyl sites for hydroxylation is 1. The van der Waals surface area contributed by atoms with Gasteiger partial charge in [0.2, 0.25) is 0 Å². The molecule has 0 aliphatic rings. The molecule has 18 heavy (non-hydrogen) atoms. The first-order chi connectivity index (χ1) is 8.61. The molecule has 3 heteroatoms. The number of hydrazine groups is 1. The number of rotatable bonds is 8. The molecule has 1 rings (SSSR count). The Morgan fingerprint density at radius 2 is 2.00 bits per heavy atom. The van der Waals surface area contributed by atoms with E-state index in [1.165, 1.54) is 12.0 Å². The second kappa shape index (κ2) is 8.11. The zero-order valence-corrected chi connectivity index (χ0v) is 11.8. The molecule has 0 radical (unpaired) electrons. The number of ether oxygens (including phenoxy) is 1. The Morgan fingerprint density at radius 3 is 2.61 bits per heavy atom. The SMILES string of the molecule is Cc1cccc(OCCC(CCC(C)C)NN)c1. The fourth-order valence-electron chi connectivity index (χ4n) is 1.87. The van der Waals surface area contributed by atoms with Crippen LogP contribution in [0.2, 0.25) is 0 Å². The van der Waals surface area contributed by atoms with Crippen molar-refractivity contribution in [3.05, 3.63) is 29.8 Å². The number of hydrogen-bond acceptors (Lipinski definition) is 3. The fourth-order valence-corrected chi connectivity index (χ4v) is 1.87. The predicted molar refractivity (Wildman–Crippen MR) is 76.5 cm³/mol. The van der Waals surface area contributed by atoms with Gasteiger partial charge in [0, 0.05) is 6.04 Å². The highest BCUT2D eigenvalue weighted by Crippen LogP contribution is 2.14. The maximum Gasteiger partial charge on any atom is 0.119 e. The highest BCUT2D eigenvalue weighted by atomic mass is 16.5. The molecule has 3 N–H and O–H groups in total. The molecule has 3 nitrogen and oxygen atoms in total. The maximum absolute atomic E-state index is 5.73. The van der Waals surface area contributed by atoms with Crippen LogP contribution in [0.25, 0.3) is 0 Å². The third-order valence-corrected chi connectivity index (χ3v) is 3.05. The Labute approximate surface area is 111 Å². The molecule has 0 bridgehead atoms. The molecule has 0 aliphatic heterocycles. The topological polar surface area (TPSA) is 47.3 Å². The van der Waals surface area contributed by atoms with E-state index in [4.69, 9.17) is 10.6 Å². The lowest BCUT2D eigenvalue weighted by molar-refractivity contribution is 0.276. The summed E-state index contributed by atoms with van der Waals surface area (Å²) < 4.78 is 5.73. The fraction of sp³-hybridized carbons (Fsp3) is 0.600. The molecule has 1 aromatic carbocycles. The molecule has 0 saturated carbocycles. The highest BCUT2D eigenvalue weighted by molar-refractivity contribution is 5.27. The van der Waals surface area contributed by atoms with Gasteiger partial charge in [-0.25, -0.2) is 0 Å². The smallest absolute Gasteiger partial charge is 0.119 e. The summed E-state index contributed by atoms with van der Waals surface area (Å²) in [5.41, 5.74) is 4.10. The normalized spacial score (nSPS) is 12.7. The van der Waals surface area contributed by atoms with Crippen molar-refractivity contribution < 1.29 is 4.74 Å². The zero-order valence-electron chi connectivity index (χ0n) is 11.8. The van der Waals surface area contributed by atoms with Crippen molar-refractivity contribution in [2.24, 2.45) is 11.8 Å². The molecular weight excluding hydrogens is 224 g/mol. The molecule has 1 unspecified atom stereocenters. The van der Waals surface area contributed by atoms with Crippen molar-refractivity contribution >= 4 is 0 Å². The number of benzene rings is 1. The van der Waals surface area contributed by atoms with Crippen LogP contribution in [0.15, 0.2) is 24.3 Å². The predicted octanol–water partition coefficient (Wildman–Crippen LogP) is 3.03. The minimum Gasteiger partial charge on any atom is -0.494 e. The Hall–Kier alpha value is -1.06. The summed E-state index contributed by atoms with van der Waals surface area (Å²) in [4.78, 5) is 0. The molecule has 0 heterocycles. The first-order valence-electron chi connectivity index (χ1n) is 6.77. The largest absolute Gasteiger partial charge is 0.494 e. The van der Waals surface area contributed by atoms with Crippen LogP contribution in [-0.2, 0) is 0 Å². The van der Waals surface area contributed by atoms with E-state index in [1.54, 1.807) is 0 Å². The van der Waals surface area contributed by atoms with Gasteiger partial charge < -0.3 is 4.74 Å². The maximum atomic E-state index is 5.73. The van der Waals surface area contributed by atoms with Crippen molar-refractivity contribution in [2.45, 2.75) is 46.1 Å². The van der Waals surface area contributed by atoms with Crippen molar-refractivity contribution in [1.29, 1.82) is 0 Å². The average molecular weight is 250 g/mol. The first kappa shape index (κ1) is 15.0. The molecule has 0 spiro atoms. The summed E-state index contributed by atoms with van der Waals surface area (Å²) in [5.74, 6) is 7.22. The van der Waals surface area contributed by atoms with Gasteiger partial charge in [0.15, 0.2) is 0 Å². The standard InChI is InChI=1S/C15H26N2O/c1-12(2)7-8-14(17-16)9-10-18-15-6-4-5-13(3)11-15/h4-6,11-12,14,17H,7-10,16H2,1-3H3. The minimum atomic E-state index is 0.345. The summed E-state index contributed by atoms with van der Waals surface area (Å²) in [7, 11) is 0. The van der Waals surface area contributed by atoms with Gasteiger partial charge in [-0.05, 0) is 49.8 Å². The molecule has 0 amide bonds. The van der Waals surface area contributed by atoms with Crippen molar-refractivity contribution in [2.75, 3.05) is 6.61 Å². The van der Waals surface area contributed by atoms with Crippen molar-refractivity contribution in [3.8, 4) is 5.75 Å². The summed E-state index contributed by atoms with van der Waals surface area (Å²) in [6.07, 6.45) is 3.24. The molecule has 0 fully saturated rings. The summed E-state index contributed by atoms with van der Waals surface area (Å²) in [6.45, 7) is 7.24. The van der Waals surface area contributed by atoms with Crippen LogP contribution >= 0.6 is 0 Å². The van der Waals surface area contributed by atoms with Gasteiger partial charge in [-0.3, -0.25) is 11.3 Å². The summed E-state index contributed by atoms with van der Waals surface area (Å²) in [6, 6.07) is 8.48. The van der Waals surface area contributed by atoms with E-state index in [1.807, 2.05) is 12.1 Å². The lowest BCUT2D eigenvalue weighted by Gasteiger charge is -2.17. The van der Waals surface area contributed by atoms with Crippen LogP contribution in [0.4, 0.5) is 0 Å². The van der Waals surface area contributed by atoms with Crippen LogP contribution in [0.3, 0.4) is 0 Å². The van der Waals surface area contributed by atoms with E-state index in [2.05, 4.69) is 38.3 Å². The van der Waals surface area contributed by atoms with E-state index in [-0.39, 0.29) is 0 Å². The van der Waals surface area contributed by atoms with E-state index >= 15 is 0 Å². The Kier molecular flexibility index (Phi) is 6.76. The number of nitrogens with two attached hydrogens (primary N) is 1. The number of nitrogens with one attached hydrogen (secondary N) is 1. The van der Waals surface area contributed by atoms with E-state index in [0.29, 0.717) is 12.6 Å². The zero-order chi connectivity index (χ0) is 13.4. The first-order valence-corrected chi connectivity index (χ1v) is 6.77. The van der Waals surface area contributed by atoms with E-state index < -0.39 is 0 Å². The molecule has 0 aliphatic carbocycles. The molecule has 102 valence electrons. The summed E-state index contributed by atoms with van der Waals surface area (Å²) >= 11 is 0. The van der Waals surface area contributed by atoms with Gasteiger partial charge >= 0.3 is 0 Å². The second-order valence-corrected chi connectivity index (χ2v) is 5.29. The monoisotopic (exact) mass is 250 g/mol. The second-order valence-electron chi connectivity index (χ2n) is 5.29. The van der Waals surface area contributed by atoms with Crippen LogP contribution in [0, 0.1) is 12.8 Å². The van der Waals surface area contributed by atoms with Crippen LogP contribution in [-0.4, -0.2) is 12.6 Å². The van der Waals surface area contributed by atoms with E-state index in [0.717, 1.165) is 24.5 Å². The van der Waals surface area contributed by atoms with Crippen LogP contribution < -0.4 is 16.0 Å². The van der Waals surface area contributed by atoms with Gasteiger partial charge in [-0.1, -0.05) is 26.0 Å². The van der Waals surface area contributed by atoms with Crippen LogP contribution in [0.5, 0.6) is 5.75 Å². The van der Waals surface area contributed by atoms with Gasteiger partial charge in [0.25, 0.3) is 0 Å². The molecule has 0 saturated heterocycles. The minimum absolute atomic E-state index is 0.345. The Morgan fingerprint density at radius 1 is 1.22 bits per heavy atom. The molecule has 1 aromatic rings. The van der Waals surface area contributed by atoms with Crippen LogP contribution in [0.1, 0.15) is 38.7 Å². The Bertz CT molecular complexity index is 339. The average Bonchev–Trinajstić information content (AvgIpc) is 2.33. The third-order valence-electron chi connectivity index (χ3n) is 3.05. The van der Waals surface area contributed by atoms with Gasteiger partial charge in [-0.15, -0.1) is 0 Å². The quantitative estimate of drug-likeness (QED) is 0.550. The number of hydrogen-bond donors (Lipinski definition) is 2. The lowest BCUT2D eigenvalue weighted by Crippen LogP contribution is -2.36.